The summed E-state index contributed by atoms with van der Waals surface area (Å²) in [4.78, 5) is 14.2. The molecule has 1 rings (SSSR count). The van der Waals surface area contributed by atoms with Crippen LogP contribution in [0.15, 0.2) is 6.07 Å². The fraction of sp³-hybridized carbons (Fsp3) is 0.125. The van der Waals surface area contributed by atoms with Crippen LogP contribution in [0.3, 0.4) is 0 Å². The largest absolute Gasteiger partial charge is 0.281 e. The quantitative estimate of drug-likeness (QED) is 0.613. The van der Waals surface area contributed by atoms with Gasteiger partial charge in [0.05, 0.1) is 5.56 Å². The predicted octanol–water partition coefficient (Wildman–Crippen LogP) is 2.87. The van der Waals surface area contributed by atoms with Crippen molar-refractivity contribution in [1.29, 1.82) is 5.26 Å². The minimum Gasteiger partial charge on any atom is -0.274 e. The Hall–Kier alpha value is -0.810. The zero-order valence-electron chi connectivity index (χ0n) is 6.97. The van der Waals surface area contributed by atoms with E-state index in [4.69, 9.17) is 16.9 Å². The van der Waals surface area contributed by atoms with Crippen LogP contribution in [0.1, 0.15) is 28.2 Å². The van der Waals surface area contributed by atoms with Gasteiger partial charge < -0.3 is 0 Å². The Kier molecular flexibility index (Phi) is 3.93. The number of aromatic nitrogens is 1. The lowest BCUT2D eigenvalue weighted by Crippen LogP contribution is -2.05. The lowest BCUT2D eigenvalue weighted by molar-refractivity contribution is 0.107. The molecule has 78 valence electrons. The molecule has 0 aliphatic rings. The minimum absolute atomic E-state index is 0.108. The summed E-state index contributed by atoms with van der Waals surface area (Å²) in [6.07, 6.45) is -2.81. The number of alkyl halides is 2. The van der Waals surface area contributed by atoms with E-state index in [0.29, 0.717) is 0 Å². The third-order valence-corrected chi connectivity index (χ3v) is 2.56. The van der Waals surface area contributed by atoms with Gasteiger partial charge in [-0.3, -0.25) is 4.79 Å². The van der Waals surface area contributed by atoms with E-state index in [0.717, 1.165) is 6.07 Å². The number of hydrogen-bond donors (Lipinski definition) is 0. The van der Waals surface area contributed by atoms with Gasteiger partial charge >= 0.3 is 0 Å². The number of halogens is 4. The van der Waals surface area contributed by atoms with Gasteiger partial charge in [0, 0.05) is 3.57 Å². The Balaban J connectivity index is 3.45. The van der Waals surface area contributed by atoms with Crippen LogP contribution in [0.2, 0.25) is 0 Å². The first-order chi connectivity index (χ1) is 6.97. The molecule has 0 bridgehead atoms. The summed E-state index contributed by atoms with van der Waals surface area (Å²) >= 11 is 6.73. The number of nitriles is 1. The molecular weight excluding hydrogens is 340 g/mol. The number of pyridine rings is 1. The number of carbonyl (C=O) groups excluding carboxylic acids is 1. The molecule has 0 saturated carbocycles. The van der Waals surface area contributed by atoms with Crippen molar-refractivity contribution in [3.63, 3.8) is 0 Å². The van der Waals surface area contributed by atoms with Crippen molar-refractivity contribution >= 4 is 39.4 Å². The summed E-state index contributed by atoms with van der Waals surface area (Å²) in [5, 5.41) is 7.61. The maximum atomic E-state index is 12.4. The minimum atomic E-state index is -2.81. The second-order valence-electron chi connectivity index (χ2n) is 2.44. The van der Waals surface area contributed by atoms with E-state index in [-0.39, 0.29) is 9.13 Å². The molecule has 0 saturated heterocycles. The normalized spacial score (nSPS) is 10.1. The number of carbonyl (C=O) groups is 1. The molecule has 1 heterocycles. The van der Waals surface area contributed by atoms with Crippen molar-refractivity contribution in [2.24, 2.45) is 0 Å². The monoisotopic (exact) mass is 342 g/mol. The molecule has 7 heteroatoms. The van der Waals surface area contributed by atoms with Crippen LogP contribution in [0.5, 0.6) is 0 Å². The highest BCUT2D eigenvalue weighted by atomic mass is 127. The van der Waals surface area contributed by atoms with Gasteiger partial charge in [-0.05, 0) is 40.3 Å². The Morgan fingerprint density at radius 2 is 2.27 bits per heavy atom. The van der Waals surface area contributed by atoms with Gasteiger partial charge in [-0.2, -0.15) is 5.26 Å². The number of rotatable bonds is 2. The second kappa shape index (κ2) is 4.81. The molecule has 0 fully saturated rings. The highest BCUT2D eigenvalue weighted by molar-refractivity contribution is 14.1. The van der Waals surface area contributed by atoms with Crippen molar-refractivity contribution < 1.29 is 13.6 Å². The van der Waals surface area contributed by atoms with Crippen molar-refractivity contribution in [2.45, 2.75) is 6.43 Å². The molecular formula is C8H2ClF2IN2O. The SMILES string of the molecule is N#Cc1cc(I)c(C(F)F)nc1C(=O)Cl. The molecule has 3 nitrogen and oxygen atoms in total. The van der Waals surface area contributed by atoms with E-state index < -0.39 is 23.1 Å². The van der Waals surface area contributed by atoms with Crippen molar-refractivity contribution in [1.82, 2.24) is 4.98 Å². The van der Waals surface area contributed by atoms with Crippen LogP contribution in [0.4, 0.5) is 8.78 Å². The average molecular weight is 342 g/mol. The summed E-state index contributed by atoms with van der Waals surface area (Å²) in [7, 11) is 0. The standard InChI is InChI=1S/C8H2ClF2IN2O/c9-7(15)5-3(2-13)1-4(12)6(14-5)8(10)11/h1,8H. The van der Waals surface area contributed by atoms with Gasteiger partial charge in [0.15, 0.2) is 0 Å². The summed E-state index contributed by atoms with van der Waals surface area (Å²) in [5.41, 5.74) is -1.09. The van der Waals surface area contributed by atoms with Gasteiger partial charge in [-0.25, -0.2) is 13.8 Å². The highest BCUT2D eigenvalue weighted by Gasteiger charge is 2.20. The van der Waals surface area contributed by atoms with Gasteiger partial charge in [-0.1, -0.05) is 0 Å². The second-order valence-corrected chi connectivity index (χ2v) is 3.94. The van der Waals surface area contributed by atoms with Gasteiger partial charge in [-0.15, -0.1) is 0 Å². The Morgan fingerprint density at radius 1 is 1.67 bits per heavy atom. The Labute approximate surface area is 102 Å². The number of hydrogen-bond acceptors (Lipinski definition) is 3. The fourth-order valence-electron chi connectivity index (χ4n) is 0.891. The van der Waals surface area contributed by atoms with Crippen LogP contribution in [-0.2, 0) is 0 Å². The first kappa shape index (κ1) is 12.3. The number of nitrogens with zero attached hydrogens (tertiary/aromatic N) is 2. The van der Waals surface area contributed by atoms with E-state index in [1.54, 1.807) is 28.7 Å². The maximum absolute atomic E-state index is 12.4. The van der Waals surface area contributed by atoms with Gasteiger partial charge in [0.25, 0.3) is 11.7 Å². The first-order valence-corrected chi connectivity index (χ1v) is 5.01. The third-order valence-electron chi connectivity index (χ3n) is 1.52. The average Bonchev–Trinajstić information content (AvgIpc) is 2.16. The van der Waals surface area contributed by atoms with Crippen molar-refractivity contribution in [3.05, 3.63) is 26.6 Å². The van der Waals surface area contributed by atoms with Crippen molar-refractivity contribution in [2.75, 3.05) is 0 Å². The van der Waals surface area contributed by atoms with E-state index in [2.05, 4.69) is 4.98 Å². The van der Waals surface area contributed by atoms with Crippen molar-refractivity contribution in [3.8, 4) is 6.07 Å². The van der Waals surface area contributed by atoms with E-state index in [1.807, 2.05) is 0 Å². The molecule has 0 radical (unpaired) electrons. The molecule has 0 aliphatic carbocycles. The van der Waals surface area contributed by atoms with Gasteiger partial charge in [0.2, 0.25) is 0 Å². The van der Waals surface area contributed by atoms with Crippen LogP contribution >= 0.6 is 34.2 Å². The molecule has 1 aromatic heterocycles. The first-order valence-electron chi connectivity index (χ1n) is 3.56. The van der Waals surface area contributed by atoms with E-state index in [1.165, 1.54) is 0 Å². The van der Waals surface area contributed by atoms with Gasteiger partial charge in [0.1, 0.15) is 17.5 Å². The fourth-order valence-corrected chi connectivity index (χ4v) is 1.70. The van der Waals surface area contributed by atoms with Crippen LogP contribution < -0.4 is 0 Å². The summed E-state index contributed by atoms with van der Waals surface area (Å²) in [6.45, 7) is 0. The summed E-state index contributed by atoms with van der Waals surface area (Å²) in [6, 6.07) is 2.82. The zero-order valence-corrected chi connectivity index (χ0v) is 9.88. The topological polar surface area (TPSA) is 53.8 Å². The maximum Gasteiger partial charge on any atom is 0.281 e. The molecule has 15 heavy (non-hydrogen) atoms. The molecule has 1 aromatic rings. The molecule has 0 amide bonds. The Bertz CT molecular complexity index is 459. The smallest absolute Gasteiger partial charge is 0.274 e. The summed E-state index contributed by atoms with van der Waals surface area (Å²) < 4.78 is 24.9. The molecule has 0 atom stereocenters. The molecule has 0 N–H and O–H groups in total. The van der Waals surface area contributed by atoms with E-state index >= 15 is 0 Å². The predicted molar refractivity (Wildman–Crippen MR) is 56.8 cm³/mol. The van der Waals surface area contributed by atoms with Crippen LogP contribution in [0.25, 0.3) is 0 Å². The lowest BCUT2D eigenvalue weighted by atomic mass is 10.2. The van der Waals surface area contributed by atoms with Crippen LogP contribution in [0, 0.1) is 14.9 Å². The molecule has 0 spiro atoms. The lowest BCUT2D eigenvalue weighted by Gasteiger charge is -2.05. The molecule has 0 aromatic carbocycles. The highest BCUT2D eigenvalue weighted by Crippen LogP contribution is 2.25. The molecule has 0 unspecified atom stereocenters. The summed E-state index contributed by atoms with van der Waals surface area (Å²) in [5.74, 6) is 0. The Morgan fingerprint density at radius 3 is 2.67 bits per heavy atom. The van der Waals surface area contributed by atoms with E-state index in [9.17, 15) is 13.6 Å². The third kappa shape index (κ3) is 2.60. The molecule has 0 aliphatic heterocycles. The van der Waals surface area contributed by atoms with Crippen LogP contribution in [-0.4, -0.2) is 10.2 Å². The zero-order chi connectivity index (χ0) is 11.6.